The van der Waals surface area contributed by atoms with Crippen molar-refractivity contribution in [2.45, 2.75) is 11.7 Å². The van der Waals surface area contributed by atoms with Crippen LogP contribution in [0.15, 0.2) is 0 Å². The Balaban J connectivity index is 0.00000121. The third-order valence-electron chi connectivity index (χ3n) is 1.36. The summed E-state index contributed by atoms with van der Waals surface area (Å²) in [7, 11) is 0. The van der Waals surface area contributed by atoms with E-state index in [9.17, 15) is 14.7 Å². The van der Waals surface area contributed by atoms with Crippen molar-refractivity contribution in [1.29, 1.82) is 0 Å². The van der Waals surface area contributed by atoms with Crippen LogP contribution in [0, 0.1) is 0 Å². The molecule has 1 heterocycles. The zero-order valence-corrected chi connectivity index (χ0v) is 9.65. The number of carbonyl (C=O) groups excluding carboxylic acids is 2. The van der Waals surface area contributed by atoms with Crippen LogP contribution < -0.4 is 40.0 Å². The number of nitrogens with one attached hydrogen (secondary N) is 1. The van der Waals surface area contributed by atoms with Gasteiger partial charge in [-0.2, -0.15) is 0 Å². The van der Waals surface area contributed by atoms with Crippen LogP contribution in [0.4, 0.5) is 0 Å². The average molecular weight is 197 g/mol. The van der Waals surface area contributed by atoms with Crippen molar-refractivity contribution in [2.75, 3.05) is 12.3 Å². The van der Waals surface area contributed by atoms with E-state index in [0.29, 0.717) is 6.54 Å². The van der Waals surface area contributed by atoms with E-state index in [-0.39, 0.29) is 41.9 Å². The number of hydrogen-bond donors (Lipinski definition) is 1. The largest absolute Gasteiger partial charge is 1.00 e. The van der Waals surface area contributed by atoms with Gasteiger partial charge in [0.05, 0.1) is 5.25 Å². The van der Waals surface area contributed by atoms with E-state index >= 15 is 0 Å². The SMILES string of the molecule is O=C([O-])CC1SCCNC1=O.[Na+]. The molecule has 1 atom stereocenters. The van der Waals surface area contributed by atoms with Gasteiger partial charge in [-0.3, -0.25) is 4.79 Å². The molecular weight excluding hydrogens is 189 g/mol. The Morgan fingerprint density at radius 1 is 1.75 bits per heavy atom. The van der Waals surface area contributed by atoms with Gasteiger partial charge in [0.2, 0.25) is 5.91 Å². The Morgan fingerprint density at radius 3 is 2.92 bits per heavy atom. The predicted octanol–water partition coefficient (Wildman–Crippen LogP) is -4.64. The van der Waals surface area contributed by atoms with Crippen LogP contribution in [0.1, 0.15) is 6.42 Å². The fourth-order valence-corrected chi connectivity index (χ4v) is 1.86. The van der Waals surface area contributed by atoms with Gasteiger partial charge in [0.25, 0.3) is 0 Å². The van der Waals surface area contributed by atoms with Crippen molar-refractivity contribution < 1.29 is 44.3 Å². The predicted molar refractivity (Wildman–Crippen MR) is 38.9 cm³/mol. The van der Waals surface area contributed by atoms with E-state index in [1.54, 1.807) is 0 Å². The number of rotatable bonds is 2. The van der Waals surface area contributed by atoms with Crippen molar-refractivity contribution in [2.24, 2.45) is 0 Å². The fourth-order valence-electron chi connectivity index (χ4n) is 0.868. The Bertz CT molecular complexity index is 188. The third kappa shape index (κ3) is 3.80. The smallest absolute Gasteiger partial charge is 0.550 e. The van der Waals surface area contributed by atoms with E-state index < -0.39 is 11.2 Å². The Morgan fingerprint density at radius 2 is 2.42 bits per heavy atom. The summed E-state index contributed by atoms with van der Waals surface area (Å²) in [6.45, 7) is 0.632. The van der Waals surface area contributed by atoms with Crippen LogP contribution in [-0.4, -0.2) is 29.4 Å². The number of carboxylic acid groups (broad SMARTS) is 1. The van der Waals surface area contributed by atoms with Gasteiger partial charge in [-0.05, 0) is 0 Å². The van der Waals surface area contributed by atoms with E-state index in [1.165, 1.54) is 11.8 Å². The van der Waals surface area contributed by atoms with Gasteiger partial charge in [-0.15, -0.1) is 11.8 Å². The number of carbonyl (C=O) groups is 2. The number of hydrogen-bond acceptors (Lipinski definition) is 4. The quantitative estimate of drug-likeness (QED) is 0.452. The van der Waals surface area contributed by atoms with Gasteiger partial charge in [0.1, 0.15) is 0 Å². The summed E-state index contributed by atoms with van der Waals surface area (Å²) in [5.41, 5.74) is 0. The molecule has 1 N–H and O–H groups in total. The van der Waals surface area contributed by atoms with Crippen LogP contribution in [0.5, 0.6) is 0 Å². The van der Waals surface area contributed by atoms with E-state index in [2.05, 4.69) is 5.32 Å². The normalized spacial score (nSPS) is 22.3. The van der Waals surface area contributed by atoms with Crippen LogP contribution >= 0.6 is 11.8 Å². The minimum Gasteiger partial charge on any atom is -0.550 e. The molecule has 4 nitrogen and oxygen atoms in total. The Labute approximate surface area is 96.8 Å². The monoisotopic (exact) mass is 197 g/mol. The Hall–Kier alpha value is 0.290. The van der Waals surface area contributed by atoms with Crippen molar-refractivity contribution >= 4 is 23.6 Å². The minimum atomic E-state index is -1.17. The molecule has 0 aliphatic carbocycles. The zero-order valence-electron chi connectivity index (χ0n) is 6.83. The molecule has 1 amide bonds. The summed E-state index contributed by atoms with van der Waals surface area (Å²) >= 11 is 1.37. The molecule has 0 aromatic rings. The molecule has 1 rings (SSSR count). The molecule has 0 radical (unpaired) electrons. The average Bonchev–Trinajstić information content (AvgIpc) is 1.93. The number of thioether (sulfide) groups is 1. The maximum absolute atomic E-state index is 10.9. The molecule has 1 aliphatic rings. The molecule has 1 aliphatic heterocycles. The van der Waals surface area contributed by atoms with E-state index in [0.717, 1.165) is 5.75 Å². The maximum atomic E-state index is 10.9. The molecule has 0 bridgehead atoms. The molecule has 62 valence electrons. The second kappa shape index (κ2) is 5.85. The molecule has 1 fully saturated rings. The van der Waals surface area contributed by atoms with Crippen LogP contribution in [-0.2, 0) is 9.59 Å². The first-order valence-corrected chi connectivity index (χ1v) is 4.34. The molecule has 6 heteroatoms. The molecule has 0 aromatic heterocycles. The maximum Gasteiger partial charge on any atom is 1.00 e. The summed E-state index contributed by atoms with van der Waals surface area (Å²) in [6.07, 6.45) is -0.184. The van der Waals surface area contributed by atoms with E-state index in [4.69, 9.17) is 0 Å². The van der Waals surface area contributed by atoms with Gasteiger partial charge in [0, 0.05) is 24.7 Å². The third-order valence-corrected chi connectivity index (χ3v) is 2.59. The molecule has 0 aromatic carbocycles. The van der Waals surface area contributed by atoms with Crippen LogP contribution in [0.25, 0.3) is 0 Å². The summed E-state index contributed by atoms with van der Waals surface area (Å²) in [5, 5.41) is 12.2. The molecule has 1 saturated heterocycles. The summed E-state index contributed by atoms with van der Waals surface area (Å²) in [5.74, 6) is -0.575. The molecule has 12 heavy (non-hydrogen) atoms. The second-order valence-corrected chi connectivity index (χ2v) is 3.54. The Kier molecular flexibility index (Phi) is 6.00. The summed E-state index contributed by atoms with van der Waals surface area (Å²) in [6, 6.07) is 0. The summed E-state index contributed by atoms with van der Waals surface area (Å²) < 4.78 is 0. The first kappa shape index (κ1) is 12.3. The molecule has 0 spiro atoms. The van der Waals surface area contributed by atoms with Crippen molar-refractivity contribution in [1.82, 2.24) is 5.32 Å². The fraction of sp³-hybridized carbons (Fsp3) is 0.667. The van der Waals surface area contributed by atoms with E-state index in [1.807, 2.05) is 0 Å². The van der Waals surface area contributed by atoms with Crippen molar-refractivity contribution in [3.05, 3.63) is 0 Å². The first-order valence-electron chi connectivity index (χ1n) is 3.29. The van der Waals surface area contributed by atoms with Gasteiger partial charge >= 0.3 is 29.6 Å². The topological polar surface area (TPSA) is 69.2 Å². The van der Waals surface area contributed by atoms with Crippen LogP contribution in [0.3, 0.4) is 0 Å². The van der Waals surface area contributed by atoms with Crippen LogP contribution in [0.2, 0.25) is 0 Å². The van der Waals surface area contributed by atoms with Crippen molar-refractivity contribution in [3.8, 4) is 0 Å². The minimum absolute atomic E-state index is 0. The number of amides is 1. The first-order chi connectivity index (χ1) is 5.20. The summed E-state index contributed by atoms with van der Waals surface area (Å²) in [4.78, 5) is 21.0. The zero-order chi connectivity index (χ0) is 8.27. The molecule has 0 saturated carbocycles. The van der Waals surface area contributed by atoms with Gasteiger partial charge < -0.3 is 15.2 Å². The van der Waals surface area contributed by atoms with Gasteiger partial charge in [-0.1, -0.05) is 0 Å². The number of aliphatic carboxylic acids is 1. The molecule has 1 unspecified atom stereocenters. The van der Waals surface area contributed by atoms with Gasteiger partial charge in [-0.25, -0.2) is 0 Å². The van der Waals surface area contributed by atoms with Gasteiger partial charge in [0.15, 0.2) is 0 Å². The molecular formula is C6H8NNaO3S. The second-order valence-electron chi connectivity index (χ2n) is 2.23. The standard InChI is InChI=1S/C6H9NO3S.Na/c8-5(9)3-4-6(10)7-1-2-11-4;/h4H,1-3H2,(H,7,10)(H,8,9);/q;+1/p-1. The number of carboxylic acids is 1. The van der Waals surface area contributed by atoms with Crippen molar-refractivity contribution in [3.63, 3.8) is 0 Å².